The highest BCUT2D eigenvalue weighted by molar-refractivity contribution is 6.31. The van der Waals surface area contributed by atoms with Crippen molar-refractivity contribution < 1.29 is 37.1 Å². The van der Waals surface area contributed by atoms with Gasteiger partial charge in [-0.05, 0) is 36.6 Å². The van der Waals surface area contributed by atoms with Crippen LogP contribution in [0, 0.1) is 5.82 Å². The molecular weight excluding hydrogens is 556 g/mol. The zero-order valence-corrected chi connectivity index (χ0v) is 22.4. The van der Waals surface area contributed by atoms with Crippen molar-refractivity contribution in [3.8, 4) is 0 Å². The molecule has 0 aromatic heterocycles. The molecule has 8 nitrogen and oxygen atoms in total. The van der Waals surface area contributed by atoms with Gasteiger partial charge >= 0.3 is 12.1 Å². The van der Waals surface area contributed by atoms with Crippen molar-refractivity contribution in [3.05, 3.63) is 70.5 Å². The number of alkyl halides is 3. The van der Waals surface area contributed by atoms with Gasteiger partial charge in [0.25, 0.3) is 5.91 Å². The minimum atomic E-state index is -5.08. The van der Waals surface area contributed by atoms with E-state index >= 15 is 0 Å². The Balaban J connectivity index is 0.000000559. The summed E-state index contributed by atoms with van der Waals surface area (Å²) in [5, 5.41) is 10.3. The molecule has 0 aliphatic carbocycles. The maximum absolute atomic E-state index is 13.7. The van der Waals surface area contributed by atoms with E-state index in [1.54, 1.807) is 9.80 Å². The van der Waals surface area contributed by atoms with Crippen LogP contribution < -0.4 is 5.32 Å². The van der Waals surface area contributed by atoms with Gasteiger partial charge in [-0.25, -0.2) is 9.18 Å². The van der Waals surface area contributed by atoms with E-state index in [-0.39, 0.29) is 29.4 Å². The highest BCUT2D eigenvalue weighted by Crippen LogP contribution is 2.23. The maximum atomic E-state index is 13.7. The van der Waals surface area contributed by atoms with Gasteiger partial charge < -0.3 is 20.2 Å². The Kier molecular flexibility index (Phi) is 11.3. The Morgan fingerprint density at radius 3 is 2.15 bits per heavy atom. The average Bonchev–Trinajstić information content (AvgIpc) is 2.94. The Morgan fingerprint density at radius 1 is 1.00 bits per heavy atom. The van der Waals surface area contributed by atoms with Gasteiger partial charge in [0.05, 0.1) is 5.02 Å². The van der Waals surface area contributed by atoms with E-state index in [0.717, 1.165) is 45.6 Å². The SMILES string of the molecule is O=C(CN(C(=O)c1ccc(F)c(Cl)c1)C1CCN(Cc2ccccc2)CC1)N1CCNCC1.O=C(O)C(F)(F)F. The quantitative estimate of drug-likeness (QED) is 0.502. The molecule has 40 heavy (non-hydrogen) atoms. The first kappa shape index (κ1) is 31.3. The number of carbonyl (C=O) groups is 3. The van der Waals surface area contributed by atoms with E-state index < -0.39 is 18.0 Å². The number of aliphatic carboxylic acids is 1. The molecule has 218 valence electrons. The molecule has 13 heteroatoms. The number of hydrogen-bond donors (Lipinski definition) is 2. The van der Waals surface area contributed by atoms with Crippen LogP contribution in [0.25, 0.3) is 0 Å². The lowest BCUT2D eigenvalue weighted by molar-refractivity contribution is -0.192. The number of nitrogens with one attached hydrogen (secondary N) is 1. The van der Waals surface area contributed by atoms with Gasteiger partial charge in [-0.1, -0.05) is 41.9 Å². The smallest absolute Gasteiger partial charge is 0.475 e. The molecule has 2 aromatic carbocycles. The fraction of sp³-hybridized carbons (Fsp3) is 0.444. The van der Waals surface area contributed by atoms with Gasteiger partial charge in [-0.15, -0.1) is 0 Å². The number of hydrogen-bond acceptors (Lipinski definition) is 5. The van der Waals surface area contributed by atoms with Crippen LogP contribution >= 0.6 is 11.6 Å². The predicted octanol–water partition coefficient (Wildman–Crippen LogP) is 3.65. The second-order valence-electron chi connectivity index (χ2n) is 9.49. The number of benzene rings is 2. The van der Waals surface area contributed by atoms with E-state index in [1.165, 1.54) is 23.8 Å². The monoisotopic (exact) mass is 586 g/mol. The third-order valence-corrected chi connectivity index (χ3v) is 6.98. The third kappa shape index (κ3) is 9.17. The van der Waals surface area contributed by atoms with Gasteiger partial charge in [-0.2, -0.15) is 13.2 Å². The molecule has 2 aromatic rings. The van der Waals surface area contributed by atoms with Gasteiger partial charge in [-0.3, -0.25) is 14.5 Å². The first-order valence-electron chi connectivity index (χ1n) is 12.8. The lowest BCUT2D eigenvalue weighted by Gasteiger charge is -2.39. The van der Waals surface area contributed by atoms with E-state index in [0.29, 0.717) is 18.7 Å². The third-order valence-electron chi connectivity index (χ3n) is 6.69. The Bertz CT molecular complexity index is 1150. The number of nitrogens with zero attached hydrogens (tertiary/aromatic N) is 3. The van der Waals surface area contributed by atoms with Crippen LogP contribution in [0.3, 0.4) is 0 Å². The number of halogens is 5. The summed E-state index contributed by atoms with van der Waals surface area (Å²) in [6.45, 7) is 5.37. The van der Waals surface area contributed by atoms with Crippen LogP contribution in [-0.4, -0.2) is 95.6 Å². The molecule has 2 saturated heterocycles. The molecule has 0 radical (unpaired) electrons. The van der Waals surface area contributed by atoms with E-state index in [2.05, 4.69) is 22.3 Å². The zero-order chi connectivity index (χ0) is 29.3. The van der Waals surface area contributed by atoms with Crippen LogP contribution in [0.5, 0.6) is 0 Å². The lowest BCUT2D eigenvalue weighted by Crippen LogP contribution is -2.54. The summed E-state index contributed by atoms with van der Waals surface area (Å²) in [5.74, 6) is -3.65. The molecule has 2 fully saturated rings. The van der Waals surface area contributed by atoms with Crippen molar-refractivity contribution in [2.24, 2.45) is 0 Å². The molecule has 0 spiro atoms. The molecule has 0 bridgehead atoms. The summed E-state index contributed by atoms with van der Waals surface area (Å²) in [6.07, 6.45) is -3.52. The van der Waals surface area contributed by atoms with Gasteiger partial charge in [0.15, 0.2) is 0 Å². The van der Waals surface area contributed by atoms with Crippen molar-refractivity contribution in [2.75, 3.05) is 45.8 Å². The summed E-state index contributed by atoms with van der Waals surface area (Å²) in [4.78, 5) is 41.2. The number of piperazine rings is 1. The minimum absolute atomic E-state index is 0.0250. The van der Waals surface area contributed by atoms with Gasteiger partial charge in [0.2, 0.25) is 5.91 Å². The van der Waals surface area contributed by atoms with Crippen LogP contribution in [0.2, 0.25) is 5.02 Å². The van der Waals surface area contributed by atoms with Gasteiger partial charge in [0, 0.05) is 57.4 Å². The molecule has 2 aliphatic heterocycles. The predicted molar refractivity (Wildman–Crippen MR) is 140 cm³/mol. The van der Waals surface area contributed by atoms with Crippen molar-refractivity contribution >= 4 is 29.4 Å². The number of amides is 2. The van der Waals surface area contributed by atoms with Crippen molar-refractivity contribution in [2.45, 2.75) is 31.6 Å². The Morgan fingerprint density at radius 2 is 1.60 bits per heavy atom. The topological polar surface area (TPSA) is 93.2 Å². The van der Waals surface area contributed by atoms with Gasteiger partial charge in [0.1, 0.15) is 12.4 Å². The standard InChI is InChI=1S/C25H30ClFN4O2.C2HF3O2/c26-22-16-20(6-7-23(22)27)25(33)31(18-24(32)30-14-10-28-11-15-30)21-8-12-29(13-9-21)17-19-4-2-1-3-5-19;3-2(4,5)1(6)7/h1-7,16,21,28H,8-15,17-18H2;(H,6,7). The summed E-state index contributed by atoms with van der Waals surface area (Å²) in [7, 11) is 0. The fourth-order valence-electron chi connectivity index (χ4n) is 4.55. The molecule has 2 aliphatic rings. The highest BCUT2D eigenvalue weighted by atomic mass is 35.5. The number of likely N-dealkylation sites (tertiary alicyclic amines) is 1. The van der Waals surface area contributed by atoms with Crippen molar-refractivity contribution in [3.63, 3.8) is 0 Å². The lowest BCUT2D eigenvalue weighted by atomic mass is 10.0. The summed E-state index contributed by atoms with van der Waals surface area (Å²) >= 11 is 5.94. The van der Waals surface area contributed by atoms with Crippen LogP contribution in [0.15, 0.2) is 48.5 Å². The van der Waals surface area contributed by atoms with Crippen molar-refractivity contribution in [1.29, 1.82) is 0 Å². The van der Waals surface area contributed by atoms with E-state index in [1.807, 2.05) is 18.2 Å². The Labute approximate surface area is 234 Å². The maximum Gasteiger partial charge on any atom is 0.490 e. The molecule has 0 atom stereocenters. The van der Waals surface area contributed by atoms with Crippen LogP contribution in [-0.2, 0) is 16.1 Å². The second-order valence-corrected chi connectivity index (χ2v) is 9.90. The van der Waals surface area contributed by atoms with Crippen LogP contribution in [0.1, 0.15) is 28.8 Å². The molecule has 0 unspecified atom stereocenters. The second kappa shape index (κ2) is 14.4. The molecule has 4 rings (SSSR count). The molecular formula is C27H31ClF4N4O4. The molecule has 2 heterocycles. The summed E-state index contributed by atoms with van der Waals surface area (Å²) in [6, 6.07) is 14.3. The minimum Gasteiger partial charge on any atom is -0.475 e. The fourth-order valence-corrected chi connectivity index (χ4v) is 4.73. The van der Waals surface area contributed by atoms with E-state index in [4.69, 9.17) is 21.5 Å². The molecule has 0 saturated carbocycles. The van der Waals surface area contributed by atoms with Crippen LogP contribution in [0.4, 0.5) is 17.6 Å². The van der Waals surface area contributed by atoms with E-state index in [9.17, 15) is 27.2 Å². The largest absolute Gasteiger partial charge is 0.490 e. The summed E-state index contributed by atoms with van der Waals surface area (Å²) in [5.41, 5.74) is 1.57. The molecule has 2 amide bonds. The Hall–Kier alpha value is -3.22. The number of piperidine rings is 1. The first-order valence-corrected chi connectivity index (χ1v) is 13.1. The normalized spacial score (nSPS) is 16.6. The van der Waals surface area contributed by atoms with Crippen molar-refractivity contribution in [1.82, 2.24) is 20.0 Å². The highest BCUT2D eigenvalue weighted by Gasteiger charge is 2.38. The number of carbonyl (C=O) groups excluding carboxylic acids is 2. The first-order chi connectivity index (χ1) is 19.0. The molecule has 2 N–H and O–H groups in total. The number of carboxylic acids is 1. The average molecular weight is 587 g/mol. The number of carboxylic acid groups (broad SMARTS) is 1. The zero-order valence-electron chi connectivity index (χ0n) is 21.7. The number of rotatable bonds is 6. The summed E-state index contributed by atoms with van der Waals surface area (Å²) < 4.78 is 45.4.